The molecule has 0 rings (SSSR count). The molecule has 0 aromatic heterocycles. The molecule has 0 saturated heterocycles. The molecule has 0 saturated carbocycles. The van der Waals surface area contributed by atoms with E-state index in [4.69, 9.17) is 0 Å². The van der Waals surface area contributed by atoms with Crippen LogP contribution in [0.5, 0.6) is 0 Å². The molecule has 0 aliphatic heterocycles. The van der Waals surface area contributed by atoms with Crippen LogP contribution in [-0.2, 0) is 19.3 Å². The predicted molar refractivity (Wildman–Crippen MR) is 30.1 cm³/mol. The van der Waals surface area contributed by atoms with Crippen LogP contribution in [0.2, 0.25) is 0 Å². The Morgan fingerprint density at radius 2 is 1.75 bits per heavy atom. The molecule has 0 aliphatic rings. The van der Waals surface area contributed by atoms with E-state index in [9.17, 15) is 8.42 Å². The van der Waals surface area contributed by atoms with Gasteiger partial charge < -0.3 is 0 Å². The number of rotatable bonds is 2. The van der Waals surface area contributed by atoms with Crippen molar-refractivity contribution < 1.29 is 17.6 Å². The zero-order valence-electron chi connectivity index (χ0n) is 4.04. The Labute approximate surface area is 70.5 Å². The van der Waals surface area contributed by atoms with Gasteiger partial charge in [0.15, 0.2) is 0 Å². The van der Waals surface area contributed by atoms with E-state index in [1.807, 2.05) is 0 Å². The maximum atomic E-state index is 9.88. The zero-order chi connectivity index (χ0) is 5.91. The fraction of sp³-hybridized carbons (Fsp3) is 1.00. The van der Waals surface area contributed by atoms with Crippen molar-refractivity contribution in [2.45, 2.75) is 0 Å². The van der Waals surface area contributed by atoms with Crippen molar-refractivity contribution >= 4 is 39.7 Å². The summed E-state index contributed by atoms with van der Waals surface area (Å²) in [5.41, 5.74) is 0. The van der Waals surface area contributed by atoms with Crippen LogP contribution in [0.15, 0.2) is 0 Å². The Balaban J connectivity index is 0. The Morgan fingerprint density at radius 1 is 1.38 bits per heavy atom. The average Bonchev–Trinajstić information content (AvgIpc) is 1.30. The normalized spacial score (nSPS) is 10.2. The van der Waals surface area contributed by atoms with Gasteiger partial charge in [0.25, 0.3) is 10.1 Å². The molecule has 6 heteroatoms. The van der Waals surface area contributed by atoms with E-state index in [0.717, 1.165) is 13.4 Å². The van der Waals surface area contributed by atoms with Gasteiger partial charge in [-0.3, -0.25) is 0 Å². The molecule has 46 valence electrons. The molecule has 0 heterocycles. The summed E-state index contributed by atoms with van der Waals surface area (Å²) in [4.78, 5) is 3.82. The second kappa shape index (κ2) is 4.72. The molecule has 0 bridgehead atoms. The van der Waals surface area contributed by atoms with Gasteiger partial charge in [0.1, 0.15) is 0 Å². The van der Waals surface area contributed by atoms with E-state index >= 15 is 0 Å². The monoisotopic (exact) mass is 150 g/mol. The first kappa shape index (κ1) is 11.6. The van der Waals surface area contributed by atoms with E-state index in [0.29, 0.717) is 0 Å². The first-order chi connectivity index (χ1) is 3.06. The van der Waals surface area contributed by atoms with Crippen molar-refractivity contribution in [3.8, 4) is 0 Å². The molecular weight excluding hydrogens is 143 g/mol. The quantitative estimate of drug-likeness (QED) is 0.284. The fourth-order valence-corrected chi connectivity index (χ4v) is 0.371. The second-order valence-corrected chi connectivity index (χ2v) is 2.48. The third-order valence-corrected chi connectivity index (χ3v) is 0.575. The molecule has 0 unspecified atom stereocenters. The molecule has 0 spiro atoms. The topological polar surface area (TPSA) is 52.6 Å². The van der Waals surface area contributed by atoms with Crippen LogP contribution in [0.25, 0.3) is 0 Å². The van der Waals surface area contributed by atoms with Crippen molar-refractivity contribution in [2.75, 3.05) is 13.4 Å². The SMILES string of the molecule is COOS(C)(=O)=O.[NaH]. The number of hydrogen-bond acceptors (Lipinski definition) is 4. The fourth-order valence-electron chi connectivity index (χ4n) is 0.124. The third kappa shape index (κ3) is 9.98. The van der Waals surface area contributed by atoms with Gasteiger partial charge in [0, 0.05) is 0 Å². The van der Waals surface area contributed by atoms with Crippen LogP contribution in [0.1, 0.15) is 0 Å². The Hall–Kier alpha value is 0.870. The van der Waals surface area contributed by atoms with Crippen molar-refractivity contribution in [3.05, 3.63) is 0 Å². The molecule has 0 aliphatic carbocycles. The van der Waals surface area contributed by atoms with Crippen molar-refractivity contribution in [1.82, 2.24) is 0 Å². The van der Waals surface area contributed by atoms with Crippen molar-refractivity contribution in [2.24, 2.45) is 0 Å². The predicted octanol–water partition coefficient (Wildman–Crippen LogP) is -1.12. The summed E-state index contributed by atoms with van der Waals surface area (Å²) >= 11 is 0. The Kier molecular flexibility index (Phi) is 6.87. The molecule has 0 radical (unpaired) electrons. The first-order valence-electron chi connectivity index (χ1n) is 1.48. The summed E-state index contributed by atoms with van der Waals surface area (Å²) in [6, 6.07) is 0. The Morgan fingerprint density at radius 3 is 1.75 bits per heavy atom. The van der Waals surface area contributed by atoms with Crippen molar-refractivity contribution in [1.29, 1.82) is 0 Å². The molecule has 8 heavy (non-hydrogen) atoms. The molecule has 0 fully saturated rings. The maximum absolute atomic E-state index is 9.88. The van der Waals surface area contributed by atoms with Crippen LogP contribution in [0, 0.1) is 0 Å². The molecule has 0 amide bonds. The molecule has 0 N–H and O–H groups in total. The standard InChI is InChI=1S/C2H6O4S.Na.H/c1-5-6-7(2,3)4;;/h1-2H3;;. The minimum atomic E-state index is -3.40. The van der Waals surface area contributed by atoms with Gasteiger partial charge in [0.05, 0.1) is 13.4 Å². The van der Waals surface area contributed by atoms with Gasteiger partial charge in [-0.05, 0) is 0 Å². The summed E-state index contributed by atoms with van der Waals surface area (Å²) < 4.78 is 23.5. The summed E-state index contributed by atoms with van der Waals surface area (Å²) in [5.74, 6) is 0. The summed E-state index contributed by atoms with van der Waals surface area (Å²) in [6.45, 7) is 0. The Bertz CT molecular complexity index is 127. The van der Waals surface area contributed by atoms with E-state index in [-0.39, 0.29) is 29.6 Å². The third-order valence-electron chi connectivity index (χ3n) is 0.192. The van der Waals surface area contributed by atoms with Crippen molar-refractivity contribution in [3.63, 3.8) is 0 Å². The van der Waals surface area contributed by atoms with Gasteiger partial charge in [-0.15, -0.1) is 4.33 Å². The van der Waals surface area contributed by atoms with Crippen LogP contribution in [-0.4, -0.2) is 51.3 Å². The second-order valence-electron chi connectivity index (χ2n) is 0.939. The molecule has 0 aromatic rings. The zero-order valence-corrected chi connectivity index (χ0v) is 4.86. The van der Waals surface area contributed by atoms with Crippen LogP contribution in [0.3, 0.4) is 0 Å². The summed E-state index contributed by atoms with van der Waals surface area (Å²) in [5, 5.41) is 0. The van der Waals surface area contributed by atoms with E-state index < -0.39 is 10.1 Å². The minimum absolute atomic E-state index is 0. The van der Waals surface area contributed by atoms with Gasteiger partial charge in [-0.1, -0.05) is 0 Å². The molecule has 4 nitrogen and oxygen atoms in total. The average molecular weight is 150 g/mol. The number of hydrogen-bond donors (Lipinski definition) is 0. The summed E-state index contributed by atoms with van der Waals surface area (Å²) in [7, 11) is -2.27. The molecular formula is C2H7NaO4S. The van der Waals surface area contributed by atoms with E-state index in [2.05, 4.69) is 9.22 Å². The van der Waals surface area contributed by atoms with E-state index in [1.165, 1.54) is 0 Å². The van der Waals surface area contributed by atoms with Crippen LogP contribution >= 0.6 is 0 Å². The van der Waals surface area contributed by atoms with Crippen LogP contribution in [0.4, 0.5) is 0 Å². The molecule has 0 aromatic carbocycles. The van der Waals surface area contributed by atoms with Gasteiger partial charge in [0.2, 0.25) is 0 Å². The molecule has 0 atom stereocenters. The van der Waals surface area contributed by atoms with Gasteiger partial charge in [-0.25, -0.2) is 4.89 Å². The van der Waals surface area contributed by atoms with E-state index in [1.54, 1.807) is 0 Å². The first-order valence-corrected chi connectivity index (χ1v) is 3.30. The van der Waals surface area contributed by atoms with Gasteiger partial charge >= 0.3 is 29.6 Å². The van der Waals surface area contributed by atoms with Crippen LogP contribution < -0.4 is 0 Å². The summed E-state index contributed by atoms with van der Waals surface area (Å²) in [6.07, 6.45) is 0.899. The van der Waals surface area contributed by atoms with Gasteiger partial charge in [-0.2, -0.15) is 8.42 Å².